The van der Waals surface area contributed by atoms with Crippen molar-refractivity contribution in [2.45, 2.75) is 39.9 Å². The number of hydrogen-bond acceptors (Lipinski definition) is 6. The van der Waals surface area contributed by atoms with Crippen molar-refractivity contribution in [2.75, 3.05) is 26.4 Å². The molecule has 0 heterocycles. The van der Waals surface area contributed by atoms with E-state index in [4.69, 9.17) is 18.9 Å². The van der Waals surface area contributed by atoms with Crippen LogP contribution in [-0.4, -0.2) is 50.6 Å². The van der Waals surface area contributed by atoms with Gasteiger partial charge in [0.05, 0.1) is 12.2 Å². The first-order valence-electron chi connectivity index (χ1n) is 5.96. The summed E-state index contributed by atoms with van der Waals surface area (Å²) >= 11 is 0. The van der Waals surface area contributed by atoms with Crippen molar-refractivity contribution in [3.05, 3.63) is 0 Å². The van der Waals surface area contributed by atoms with E-state index in [9.17, 15) is 9.59 Å². The van der Waals surface area contributed by atoms with Crippen molar-refractivity contribution in [1.82, 2.24) is 0 Å². The zero-order valence-electron chi connectivity index (χ0n) is 11.4. The van der Waals surface area contributed by atoms with Gasteiger partial charge in [-0.15, -0.1) is 0 Å². The highest BCUT2D eigenvalue weighted by Crippen LogP contribution is 1.91. The molecule has 0 aliphatic heterocycles. The summed E-state index contributed by atoms with van der Waals surface area (Å²) in [6, 6.07) is 0. The van der Waals surface area contributed by atoms with Gasteiger partial charge in [0.15, 0.2) is 0 Å². The first-order valence-corrected chi connectivity index (χ1v) is 5.96. The zero-order valence-corrected chi connectivity index (χ0v) is 11.4. The van der Waals surface area contributed by atoms with Crippen LogP contribution in [0.15, 0.2) is 0 Å². The van der Waals surface area contributed by atoms with Crippen LogP contribution in [0.25, 0.3) is 0 Å². The lowest BCUT2D eigenvalue weighted by molar-refractivity contribution is -0.159. The third kappa shape index (κ3) is 11.3. The van der Waals surface area contributed by atoms with Crippen LogP contribution < -0.4 is 0 Å². The average Bonchev–Trinajstić information content (AvgIpc) is 2.29. The molecule has 0 aromatic heterocycles. The number of carbonyl (C=O) groups excluding carboxylic acids is 2. The molecule has 0 aromatic carbocycles. The van der Waals surface area contributed by atoms with Gasteiger partial charge >= 0.3 is 11.9 Å². The van der Waals surface area contributed by atoms with Crippen LogP contribution in [0.4, 0.5) is 0 Å². The van der Waals surface area contributed by atoms with Crippen LogP contribution >= 0.6 is 0 Å². The molecule has 106 valence electrons. The van der Waals surface area contributed by atoms with Crippen molar-refractivity contribution < 1.29 is 28.5 Å². The smallest absolute Gasteiger partial charge is 0.332 e. The van der Waals surface area contributed by atoms with Crippen molar-refractivity contribution in [3.63, 3.8) is 0 Å². The third-order valence-corrected chi connectivity index (χ3v) is 1.68. The highest BCUT2D eigenvalue weighted by Gasteiger charge is 2.07. The monoisotopic (exact) mass is 262 g/mol. The summed E-state index contributed by atoms with van der Waals surface area (Å²) in [5.41, 5.74) is 0. The third-order valence-electron chi connectivity index (χ3n) is 1.68. The molecule has 0 radical (unpaired) electrons. The molecular weight excluding hydrogens is 240 g/mol. The fourth-order valence-corrected chi connectivity index (χ4v) is 0.864. The van der Waals surface area contributed by atoms with E-state index in [0.717, 1.165) is 0 Å². The van der Waals surface area contributed by atoms with Crippen LogP contribution in [0.1, 0.15) is 27.7 Å². The lowest BCUT2D eigenvalue weighted by atomic mass is 10.5. The highest BCUT2D eigenvalue weighted by molar-refractivity contribution is 5.71. The Labute approximate surface area is 108 Å². The van der Waals surface area contributed by atoms with Crippen LogP contribution in [0.3, 0.4) is 0 Å². The predicted molar refractivity (Wildman–Crippen MR) is 64.1 cm³/mol. The molecule has 0 spiro atoms. The largest absolute Gasteiger partial charge is 0.460 e. The molecule has 0 amide bonds. The Hall–Kier alpha value is -1.14. The highest BCUT2D eigenvalue weighted by atomic mass is 16.6. The van der Waals surface area contributed by atoms with Crippen molar-refractivity contribution in [3.8, 4) is 0 Å². The van der Waals surface area contributed by atoms with E-state index in [1.54, 1.807) is 0 Å². The lowest BCUT2D eigenvalue weighted by Crippen LogP contribution is -2.21. The second-order valence-electron chi connectivity index (χ2n) is 4.16. The standard InChI is InChI=1S/C12H22O6/c1-9(2)17-7-11(13)15-5-6-16-12(14)8-18-10(3)4/h9-10H,5-8H2,1-4H3. The molecule has 0 atom stereocenters. The summed E-state index contributed by atoms with van der Waals surface area (Å²) < 4.78 is 19.7. The summed E-state index contributed by atoms with van der Waals surface area (Å²) in [6.07, 6.45) is -0.0490. The molecule has 0 aliphatic rings. The Morgan fingerprint density at radius 3 is 1.39 bits per heavy atom. The zero-order chi connectivity index (χ0) is 14.0. The Bertz CT molecular complexity index is 223. The maximum atomic E-state index is 11.1. The number of hydrogen-bond donors (Lipinski definition) is 0. The first kappa shape index (κ1) is 16.9. The fourth-order valence-electron chi connectivity index (χ4n) is 0.864. The first-order chi connectivity index (χ1) is 8.41. The Morgan fingerprint density at radius 1 is 0.778 bits per heavy atom. The summed E-state index contributed by atoms with van der Waals surface area (Å²) in [5, 5.41) is 0. The van der Waals surface area contributed by atoms with E-state index >= 15 is 0 Å². The number of esters is 2. The SMILES string of the molecule is CC(C)OCC(=O)OCCOC(=O)COC(C)C. The van der Waals surface area contributed by atoms with E-state index < -0.39 is 11.9 Å². The molecule has 0 bridgehead atoms. The van der Waals surface area contributed by atoms with Gasteiger partial charge in [0, 0.05) is 0 Å². The van der Waals surface area contributed by atoms with E-state index in [1.165, 1.54) is 0 Å². The minimum absolute atomic E-state index is 0.0215. The molecular formula is C12H22O6. The minimum Gasteiger partial charge on any atom is -0.460 e. The van der Waals surface area contributed by atoms with Gasteiger partial charge in [0.1, 0.15) is 26.4 Å². The van der Waals surface area contributed by atoms with Crippen molar-refractivity contribution in [2.24, 2.45) is 0 Å². The summed E-state index contributed by atoms with van der Waals surface area (Å²) in [5.74, 6) is -0.948. The summed E-state index contributed by atoms with van der Waals surface area (Å²) in [6.45, 7) is 7.15. The molecule has 0 fully saturated rings. The maximum Gasteiger partial charge on any atom is 0.332 e. The van der Waals surface area contributed by atoms with Crippen molar-refractivity contribution >= 4 is 11.9 Å². The van der Waals surface area contributed by atoms with Gasteiger partial charge < -0.3 is 18.9 Å². The predicted octanol–water partition coefficient (Wildman–Crippen LogP) is 0.923. The maximum absolute atomic E-state index is 11.1. The van der Waals surface area contributed by atoms with Gasteiger partial charge in [0.2, 0.25) is 0 Å². The van der Waals surface area contributed by atoms with Gasteiger partial charge in [-0.05, 0) is 27.7 Å². The molecule has 6 heteroatoms. The molecule has 0 saturated carbocycles. The molecule has 18 heavy (non-hydrogen) atoms. The second kappa shape index (κ2) is 9.85. The van der Waals surface area contributed by atoms with Gasteiger partial charge in [-0.3, -0.25) is 0 Å². The number of carbonyl (C=O) groups is 2. The minimum atomic E-state index is -0.474. The van der Waals surface area contributed by atoms with Gasteiger partial charge in [-0.25, -0.2) is 9.59 Å². The molecule has 0 saturated heterocycles. The van der Waals surface area contributed by atoms with Gasteiger partial charge in [-0.1, -0.05) is 0 Å². The molecule has 0 rings (SSSR count). The van der Waals surface area contributed by atoms with E-state index in [1.807, 2.05) is 27.7 Å². The van der Waals surface area contributed by atoms with Crippen molar-refractivity contribution in [1.29, 1.82) is 0 Å². The average molecular weight is 262 g/mol. The Balaban J connectivity index is 3.44. The summed E-state index contributed by atoms with van der Waals surface area (Å²) in [7, 11) is 0. The topological polar surface area (TPSA) is 71.1 Å². The number of ether oxygens (including phenoxy) is 4. The normalized spacial score (nSPS) is 10.8. The fraction of sp³-hybridized carbons (Fsp3) is 0.833. The molecule has 0 aliphatic carbocycles. The molecule has 0 N–H and O–H groups in total. The molecule has 6 nitrogen and oxygen atoms in total. The van der Waals surface area contributed by atoms with E-state index in [-0.39, 0.29) is 38.6 Å². The Morgan fingerprint density at radius 2 is 1.11 bits per heavy atom. The molecule has 0 unspecified atom stereocenters. The summed E-state index contributed by atoms with van der Waals surface area (Å²) in [4.78, 5) is 22.2. The van der Waals surface area contributed by atoms with Crippen LogP contribution in [0.2, 0.25) is 0 Å². The second-order valence-corrected chi connectivity index (χ2v) is 4.16. The quantitative estimate of drug-likeness (QED) is 0.454. The van der Waals surface area contributed by atoms with Crippen LogP contribution in [-0.2, 0) is 28.5 Å². The lowest BCUT2D eigenvalue weighted by Gasteiger charge is -2.09. The van der Waals surface area contributed by atoms with Crippen LogP contribution in [0.5, 0.6) is 0 Å². The van der Waals surface area contributed by atoms with E-state index in [2.05, 4.69) is 0 Å². The van der Waals surface area contributed by atoms with Gasteiger partial charge in [-0.2, -0.15) is 0 Å². The molecule has 0 aromatic rings. The van der Waals surface area contributed by atoms with Gasteiger partial charge in [0.25, 0.3) is 0 Å². The number of rotatable bonds is 9. The van der Waals surface area contributed by atoms with Crippen LogP contribution in [0, 0.1) is 0 Å². The van der Waals surface area contributed by atoms with E-state index in [0.29, 0.717) is 0 Å². The Kier molecular flexibility index (Phi) is 9.22.